The number of hydrogen-bond acceptors (Lipinski definition) is 1. The van der Waals surface area contributed by atoms with E-state index in [9.17, 15) is 13.2 Å². The highest BCUT2D eigenvalue weighted by Gasteiger charge is 2.18. The number of rotatable bonds is 4. The van der Waals surface area contributed by atoms with E-state index in [1.165, 1.54) is 36.4 Å². The Kier molecular flexibility index (Phi) is 5.16. The molecule has 0 aliphatic carbocycles. The van der Waals surface area contributed by atoms with Crippen molar-refractivity contribution < 1.29 is 13.2 Å². The summed E-state index contributed by atoms with van der Waals surface area (Å²) in [6.45, 7) is 2.21. The van der Waals surface area contributed by atoms with Crippen molar-refractivity contribution in [1.82, 2.24) is 9.78 Å². The fourth-order valence-corrected chi connectivity index (χ4v) is 3.56. The molecule has 29 heavy (non-hydrogen) atoms. The van der Waals surface area contributed by atoms with Crippen LogP contribution in [-0.4, -0.2) is 9.78 Å². The van der Waals surface area contributed by atoms with Gasteiger partial charge in [-0.1, -0.05) is 17.7 Å². The lowest BCUT2D eigenvalue weighted by Crippen LogP contribution is -2.05. The second-order valence-corrected chi connectivity index (χ2v) is 7.14. The quantitative estimate of drug-likeness (QED) is 0.367. The number of halogens is 4. The topological polar surface area (TPSA) is 17.8 Å². The molecule has 1 heterocycles. The van der Waals surface area contributed by atoms with Crippen LogP contribution in [0.2, 0.25) is 5.02 Å². The molecule has 4 rings (SSSR count). The standard InChI is InChI=1S/C23H16ClF3N2/c1-14-22(15-2-7-18(25)8-3-15)28-29(13-17-6-11-20(27)12-21(17)24)23(14)16-4-9-19(26)10-5-16/h2-12H,13H2,1H3. The Morgan fingerprint density at radius 3 is 1.93 bits per heavy atom. The second-order valence-electron chi connectivity index (χ2n) is 6.73. The van der Waals surface area contributed by atoms with Crippen LogP contribution in [0, 0.1) is 24.4 Å². The minimum atomic E-state index is -0.416. The molecule has 1 aromatic heterocycles. The van der Waals surface area contributed by atoms with Crippen molar-refractivity contribution >= 4 is 11.6 Å². The average Bonchev–Trinajstić information content (AvgIpc) is 3.01. The summed E-state index contributed by atoms with van der Waals surface area (Å²) in [7, 11) is 0. The Bertz CT molecular complexity index is 1170. The zero-order valence-corrected chi connectivity index (χ0v) is 16.2. The number of benzene rings is 3. The maximum atomic E-state index is 13.4. The molecule has 0 atom stereocenters. The van der Waals surface area contributed by atoms with Gasteiger partial charge in [0.15, 0.2) is 0 Å². The van der Waals surface area contributed by atoms with Crippen molar-refractivity contribution in [3.8, 4) is 22.5 Å². The zero-order chi connectivity index (χ0) is 20.5. The van der Waals surface area contributed by atoms with Gasteiger partial charge in [0.1, 0.15) is 17.5 Å². The minimum absolute atomic E-state index is 0.298. The molecule has 0 spiro atoms. The molecule has 0 radical (unpaired) electrons. The first kappa shape index (κ1) is 19.3. The van der Waals surface area contributed by atoms with Gasteiger partial charge in [-0.3, -0.25) is 4.68 Å². The number of aromatic nitrogens is 2. The van der Waals surface area contributed by atoms with Crippen molar-refractivity contribution in [2.45, 2.75) is 13.5 Å². The monoisotopic (exact) mass is 412 g/mol. The summed E-state index contributed by atoms with van der Waals surface area (Å²) in [5.74, 6) is -1.08. The van der Waals surface area contributed by atoms with Crippen molar-refractivity contribution in [3.05, 3.63) is 100 Å². The first-order valence-electron chi connectivity index (χ1n) is 8.95. The molecule has 6 heteroatoms. The van der Waals surface area contributed by atoms with Crippen LogP contribution in [-0.2, 0) is 6.54 Å². The van der Waals surface area contributed by atoms with Crippen LogP contribution in [0.4, 0.5) is 13.2 Å². The largest absolute Gasteiger partial charge is 0.259 e. The third-order valence-electron chi connectivity index (χ3n) is 4.76. The summed E-state index contributed by atoms with van der Waals surface area (Å²) in [4.78, 5) is 0. The van der Waals surface area contributed by atoms with Crippen LogP contribution < -0.4 is 0 Å². The highest BCUT2D eigenvalue weighted by molar-refractivity contribution is 6.31. The lowest BCUT2D eigenvalue weighted by Gasteiger charge is -2.10. The zero-order valence-electron chi connectivity index (χ0n) is 15.5. The van der Waals surface area contributed by atoms with Crippen LogP contribution in [0.1, 0.15) is 11.1 Å². The molecule has 2 nitrogen and oxygen atoms in total. The summed E-state index contributed by atoms with van der Waals surface area (Å²) in [6, 6.07) is 16.4. The number of nitrogens with zero attached hydrogens (tertiary/aromatic N) is 2. The van der Waals surface area contributed by atoms with E-state index < -0.39 is 5.82 Å². The van der Waals surface area contributed by atoms with Crippen LogP contribution in [0.5, 0.6) is 0 Å². The maximum Gasteiger partial charge on any atom is 0.124 e. The number of hydrogen-bond donors (Lipinski definition) is 0. The SMILES string of the molecule is Cc1c(-c2ccc(F)cc2)nn(Cc2ccc(F)cc2Cl)c1-c1ccc(F)cc1. The van der Waals surface area contributed by atoms with Gasteiger partial charge in [-0.05, 0) is 73.2 Å². The normalized spacial score (nSPS) is 11.1. The van der Waals surface area contributed by atoms with Gasteiger partial charge in [0.2, 0.25) is 0 Å². The molecule has 3 aromatic carbocycles. The smallest absolute Gasteiger partial charge is 0.124 e. The van der Waals surface area contributed by atoms with Gasteiger partial charge in [0.05, 0.1) is 17.9 Å². The van der Waals surface area contributed by atoms with Gasteiger partial charge in [-0.15, -0.1) is 0 Å². The van der Waals surface area contributed by atoms with Gasteiger partial charge >= 0.3 is 0 Å². The predicted octanol–water partition coefficient (Wildman–Crippen LogP) is 6.64. The molecular formula is C23H16ClF3N2. The van der Waals surface area contributed by atoms with Crippen LogP contribution in [0.25, 0.3) is 22.5 Å². The Morgan fingerprint density at radius 1 is 0.793 bits per heavy atom. The molecule has 146 valence electrons. The Labute approximate surface area is 171 Å². The van der Waals surface area contributed by atoms with Gasteiger partial charge in [-0.25, -0.2) is 13.2 Å². The molecule has 0 fully saturated rings. The summed E-state index contributed by atoms with van der Waals surface area (Å²) >= 11 is 6.21. The fourth-order valence-electron chi connectivity index (χ4n) is 3.33. The van der Waals surface area contributed by atoms with Gasteiger partial charge in [-0.2, -0.15) is 5.10 Å². The molecule has 0 aliphatic heterocycles. The molecular weight excluding hydrogens is 397 g/mol. The third-order valence-corrected chi connectivity index (χ3v) is 5.11. The maximum absolute atomic E-state index is 13.4. The van der Waals surface area contributed by atoms with E-state index in [2.05, 4.69) is 0 Å². The molecule has 0 amide bonds. The van der Waals surface area contributed by atoms with E-state index in [0.29, 0.717) is 22.8 Å². The lowest BCUT2D eigenvalue weighted by molar-refractivity contribution is 0.624. The van der Waals surface area contributed by atoms with E-state index in [1.807, 2.05) is 6.92 Å². The van der Waals surface area contributed by atoms with E-state index in [4.69, 9.17) is 16.7 Å². The van der Waals surface area contributed by atoms with E-state index in [0.717, 1.165) is 22.4 Å². The Hall–Kier alpha value is -3.05. The van der Waals surface area contributed by atoms with E-state index in [1.54, 1.807) is 35.0 Å². The predicted molar refractivity (Wildman–Crippen MR) is 108 cm³/mol. The van der Waals surface area contributed by atoms with Crippen molar-refractivity contribution in [1.29, 1.82) is 0 Å². The summed E-state index contributed by atoms with van der Waals surface area (Å²) in [6.07, 6.45) is 0. The first-order valence-corrected chi connectivity index (χ1v) is 9.33. The first-order chi connectivity index (χ1) is 13.9. The van der Waals surface area contributed by atoms with E-state index in [-0.39, 0.29) is 11.6 Å². The highest BCUT2D eigenvalue weighted by atomic mass is 35.5. The molecule has 0 bridgehead atoms. The summed E-state index contributed by atoms with van der Waals surface area (Å²) in [5, 5.41) is 5.01. The summed E-state index contributed by atoms with van der Waals surface area (Å²) in [5.41, 5.74) is 4.57. The van der Waals surface area contributed by atoms with Crippen molar-refractivity contribution in [2.75, 3.05) is 0 Å². The third kappa shape index (κ3) is 3.91. The van der Waals surface area contributed by atoms with Crippen molar-refractivity contribution in [2.24, 2.45) is 0 Å². The molecule has 0 N–H and O–H groups in total. The average molecular weight is 413 g/mol. The Balaban J connectivity index is 1.86. The van der Waals surface area contributed by atoms with Crippen LogP contribution in [0.3, 0.4) is 0 Å². The van der Waals surface area contributed by atoms with Gasteiger partial charge in [0, 0.05) is 21.7 Å². The van der Waals surface area contributed by atoms with Gasteiger partial charge in [0.25, 0.3) is 0 Å². The second kappa shape index (κ2) is 7.76. The molecule has 0 saturated carbocycles. The summed E-state index contributed by atoms with van der Waals surface area (Å²) < 4.78 is 42.0. The van der Waals surface area contributed by atoms with Gasteiger partial charge < -0.3 is 0 Å². The molecule has 4 aromatic rings. The van der Waals surface area contributed by atoms with Crippen LogP contribution in [0.15, 0.2) is 66.7 Å². The van der Waals surface area contributed by atoms with Crippen LogP contribution >= 0.6 is 11.6 Å². The fraction of sp³-hybridized carbons (Fsp3) is 0.0870. The Morgan fingerprint density at radius 2 is 1.34 bits per heavy atom. The molecule has 0 aliphatic rings. The van der Waals surface area contributed by atoms with E-state index >= 15 is 0 Å². The van der Waals surface area contributed by atoms with Crippen molar-refractivity contribution in [3.63, 3.8) is 0 Å². The highest BCUT2D eigenvalue weighted by Crippen LogP contribution is 2.33. The molecule has 0 saturated heterocycles. The minimum Gasteiger partial charge on any atom is -0.259 e. The lowest BCUT2D eigenvalue weighted by atomic mass is 10.0. The molecule has 0 unspecified atom stereocenters.